The van der Waals surface area contributed by atoms with Crippen LogP contribution in [-0.4, -0.2) is 0 Å². The molecule has 2 rings (SSSR count). The molecule has 0 amide bonds. The van der Waals surface area contributed by atoms with Gasteiger partial charge in [0.15, 0.2) is 0 Å². The molecule has 11 heavy (non-hydrogen) atoms. The van der Waals surface area contributed by atoms with Crippen LogP contribution in [0.25, 0.3) is 0 Å². The fourth-order valence-electron chi connectivity index (χ4n) is 1.01. The van der Waals surface area contributed by atoms with E-state index in [1.165, 1.54) is 0 Å². The van der Waals surface area contributed by atoms with Gasteiger partial charge in [-0.05, 0) is 0 Å². The van der Waals surface area contributed by atoms with E-state index in [0.717, 1.165) is 0 Å². The molecule has 0 N–H and O–H groups in total. The van der Waals surface area contributed by atoms with Crippen molar-refractivity contribution in [2.45, 2.75) is 0 Å². The van der Waals surface area contributed by atoms with Crippen LogP contribution in [0.1, 0.15) is 0 Å². The van der Waals surface area contributed by atoms with Gasteiger partial charge >= 0.3 is 71.5 Å². The van der Waals surface area contributed by atoms with Crippen LogP contribution in [-0.2, 0) is 24.6 Å². The predicted octanol–water partition coefficient (Wildman–Crippen LogP) is 0.590. The average Bonchev–Trinajstić information content (AvgIpc) is 2.76. The second-order valence-corrected chi connectivity index (χ2v) is 9.26. The predicted molar refractivity (Wildman–Crippen MR) is 25.5 cm³/mol. The van der Waals surface area contributed by atoms with Crippen LogP contribution in [0, 0.1) is 23.3 Å². The first-order chi connectivity index (χ1) is 5.13. The van der Waals surface area contributed by atoms with Gasteiger partial charge < -0.3 is 0 Å². The van der Waals surface area contributed by atoms with Gasteiger partial charge in [-0.25, -0.2) is 0 Å². The summed E-state index contributed by atoms with van der Waals surface area (Å²) in [6.45, 7) is 0. The Morgan fingerprint density at radius 2 is 1.00 bits per heavy atom. The molecular formula is C6F4Hg. The van der Waals surface area contributed by atoms with Gasteiger partial charge in [0.05, 0.1) is 0 Å². The molecule has 0 spiro atoms. The first kappa shape index (κ1) is 7.52. The summed E-state index contributed by atoms with van der Waals surface area (Å²) in [5.74, 6) is -5.61. The molecule has 1 aliphatic rings. The number of hydrogen-bond donors (Lipinski definition) is 0. The van der Waals surface area contributed by atoms with Gasteiger partial charge in [0, 0.05) is 0 Å². The second kappa shape index (κ2) is 2.18. The maximum atomic E-state index is 12.5. The van der Waals surface area contributed by atoms with E-state index < -0.39 is 47.8 Å². The third kappa shape index (κ3) is 0.915. The van der Waals surface area contributed by atoms with Crippen LogP contribution in [0.15, 0.2) is 0 Å². The maximum absolute atomic E-state index is 12.5. The average molecular weight is 349 g/mol. The van der Waals surface area contributed by atoms with Crippen molar-refractivity contribution in [3.8, 4) is 0 Å². The zero-order chi connectivity index (χ0) is 8.17. The molecule has 0 saturated heterocycles. The molecule has 0 unspecified atom stereocenters. The Labute approximate surface area is 71.6 Å². The Morgan fingerprint density at radius 1 is 0.636 bits per heavy atom. The molecule has 1 aromatic carbocycles. The zero-order valence-electron chi connectivity index (χ0n) is 5.22. The molecule has 0 radical (unpaired) electrons. The van der Waals surface area contributed by atoms with Gasteiger partial charge in [-0.3, -0.25) is 0 Å². The van der Waals surface area contributed by atoms with Gasteiger partial charge in [0.2, 0.25) is 0 Å². The van der Waals surface area contributed by atoms with E-state index in [1.54, 1.807) is 0 Å². The third-order valence-electron chi connectivity index (χ3n) is 1.70. The van der Waals surface area contributed by atoms with Crippen LogP contribution in [0.2, 0.25) is 0 Å². The summed E-state index contributed by atoms with van der Waals surface area (Å²) in [7, 11) is 0. The Hall–Kier alpha value is -0.125. The quantitative estimate of drug-likeness (QED) is 0.283. The van der Waals surface area contributed by atoms with Crippen LogP contribution in [0.3, 0.4) is 0 Å². The van der Waals surface area contributed by atoms with Crippen molar-refractivity contribution < 1.29 is 42.1 Å². The van der Waals surface area contributed by atoms with Gasteiger partial charge in [0.1, 0.15) is 0 Å². The van der Waals surface area contributed by atoms with E-state index in [0.29, 0.717) is 0 Å². The molecule has 0 bridgehead atoms. The van der Waals surface area contributed by atoms with Gasteiger partial charge in [-0.15, -0.1) is 0 Å². The van der Waals surface area contributed by atoms with E-state index in [-0.39, 0.29) is 6.14 Å². The Morgan fingerprint density at radius 3 is 1.36 bits per heavy atom. The summed E-state index contributed by atoms with van der Waals surface area (Å²) in [6.07, 6.45) is 0. The molecule has 1 heterocycles. The summed E-state index contributed by atoms with van der Waals surface area (Å²) in [5, 5.41) is 0. The molecule has 0 aliphatic carbocycles. The van der Waals surface area contributed by atoms with E-state index >= 15 is 0 Å². The van der Waals surface area contributed by atoms with Gasteiger partial charge in [-0.2, -0.15) is 0 Å². The SMILES string of the molecule is Fc1c(F)c(F)[c]2[c](c1F)[Hg]2. The van der Waals surface area contributed by atoms with Crippen LogP contribution in [0.4, 0.5) is 17.6 Å². The summed E-state index contributed by atoms with van der Waals surface area (Å²) >= 11 is -1.80. The molecule has 0 nitrogen and oxygen atoms in total. The molecular weight excluding hydrogens is 349 g/mol. The Kier molecular flexibility index (Phi) is 1.49. The monoisotopic (exact) mass is 350 g/mol. The van der Waals surface area contributed by atoms with Crippen molar-refractivity contribution in [2.75, 3.05) is 0 Å². The first-order valence-electron chi connectivity index (χ1n) is 2.96. The summed E-state index contributed by atoms with van der Waals surface area (Å²) in [5.41, 5.74) is 0. The first-order valence-corrected chi connectivity index (χ1v) is 8.46. The van der Waals surface area contributed by atoms with Gasteiger partial charge in [-0.1, -0.05) is 0 Å². The molecule has 1 aliphatic heterocycles. The number of hydrogen-bond acceptors (Lipinski definition) is 0. The minimum absolute atomic E-state index is 0.182. The van der Waals surface area contributed by atoms with Crippen LogP contribution in [0.5, 0.6) is 0 Å². The Bertz CT molecular complexity index is 314. The molecule has 0 atom stereocenters. The van der Waals surface area contributed by atoms with Crippen LogP contribution >= 0.6 is 0 Å². The van der Waals surface area contributed by atoms with Gasteiger partial charge in [0.25, 0.3) is 0 Å². The number of fused-ring (bicyclic) bond motifs is 1. The third-order valence-corrected chi connectivity index (χ3v) is 8.24. The van der Waals surface area contributed by atoms with Crippen molar-refractivity contribution in [3.63, 3.8) is 0 Å². The fourth-order valence-corrected chi connectivity index (χ4v) is 5.66. The summed E-state index contributed by atoms with van der Waals surface area (Å²) in [6, 6.07) is 0. The number of halogens is 4. The fraction of sp³-hybridized carbons (Fsp3) is 0. The molecule has 54 valence electrons. The molecule has 0 saturated carbocycles. The zero-order valence-corrected chi connectivity index (χ0v) is 10.7. The summed E-state index contributed by atoms with van der Waals surface area (Å²) in [4.78, 5) is 0. The summed E-state index contributed by atoms with van der Waals surface area (Å²) < 4.78 is 50.0. The number of benzene rings is 1. The van der Waals surface area contributed by atoms with E-state index in [1.807, 2.05) is 0 Å². The van der Waals surface area contributed by atoms with E-state index in [9.17, 15) is 17.6 Å². The molecule has 1 aromatic rings. The standard InChI is InChI=1S/C6F4.Hg/c7-3-1-2-4(8)6(10)5(3)9;. The van der Waals surface area contributed by atoms with Crippen molar-refractivity contribution in [1.29, 1.82) is 0 Å². The van der Waals surface area contributed by atoms with Crippen LogP contribution < -0.4 is 6.14 Å². The van der Waals surface area contributed by atoms with Crippen molar-refractivity contribution in [3.05, 3.63) is 23.3 Å². The normalized spacial score (nSPS) is 11.6. The van der Waals surface area contributed by atoms with Crippen molar-refractivity contribution >= 4 is 6.14 Å². The van der Waals surface area contributed by atoms with Crippen molar-refractivity contribution in [1.82, 2.24) is 0 Å². The van der Waals surface area contributed by atoms with E-state index in [2.05, 4.69) is 0 Å². The minimum atomic E-state index is -1.80. The topological polar surface area (TPSA) is 0 Å². The molecule has 0 fully saturated rings. The molecule has 0 aromatic heterocycles. The molecule has 5 heteroatoms. The number of rotatable bonds is 0. The Balaban J connectivity index is 2.78. The van der Waals surface area contributed by atoms with Crippen molar-refractivity contribution in [2.24, 2.45) is 0 Å². The van der Waals surface area contributed by atoms with E-state index in [4.69, 9.17) is 0 Å². The second-order valence-electron chi connectivity index (χ2n) is 2.39.